The SMILES string of the molecule is COC(=O)/C=C/c1cnc(CN2CCC(c3cccc4c3OC[C@@H](c3ccc(Cl)cc3)O4)CC2)n1C[C@@H]1CCO1. The van der Waals surface area contributed by atoms with Crippen LogP contribution in [0.5, 0.6) is 11.5 Å². The number of fused-ring (bicyclic) bond motifs is 1. The zero-order valence-electron chi connectivity index (χ0n) is 22.6. The fourth-order valence-corrected chi connectivity index (χ4v) is 5.77. The molecular formula is C31H34ClN3O5. The van der Waals surface area contributed by atoms with Gasteiger partial charge in [-0.1, -0.05) is 35.9 Å². The number of esters is 1. The molecule has 1 aromatic heterocycles. The first-order valence-electron chi connectivity index (χ1n) is 13.9. The van der Waals surface area contributed by atoms with Gasteiger partial charge in [-0.3, -0.25) is 4.90 Å². The molecule has 2 saturated heterocycles. The van der Waals surface area contributed by atoms with Crippen molar-refractivity contribution in [3.05, 3.63) is 82.4 Å². The standard InChI is InChI=1S/C31H34ClN3O5/c1-37-30(36)10-9-24-17-33-29(35(24)18-25-13-16-38-25)19-34-14-11-21(12-15-34)26-3-2-4-27-31(26)39-20-28(40-27)22-5-7-23(32)8-6-22/h2-10,17,21,25,28H,11-16,18-20H2,1H3/b10-9+/t25-,28-/m0/s1. The topological polar surface area (TPSA) is 75.0 Å². The van der Waals surface area contributed by atoms with Crippen molar-refractivity contribution in [2.24, 2.45) is 0 Å². The first kappa shape index (κ1) is 26.9. The van der Waals surface area contributed by atoms with Gasteiger partial charge in [0.05, 0.1) is 38.2 Å². The van der Waals surface area contributed by atoms with Gasteiger partial charge < -0.3 is 23.5 Å². The van der Waals surface area contributed by atoms with Crippen molar-refractivity contribution in [1.29, 1.82) is 0 Å². The Labute approximate surface area is 239 Å². The van der Waals surface area contributed by atoms with Gasteiger partial charge in [0.25, 0.3) is 0 Å². The molecule has 0 amide bonds. The fourth-order valence-electron chi connectivity index (χ4n) is 5.64. The van der Waals surface area contributed by atoms with E-state index in [1.807, 2.05) is 36.5 Å². The van der Waals surface area contributed by atoms with E-state index < -0.39 is 0 Å². The summed E-state index contributed by atoms with van der Waals surface area (Å²) in [7, 11) is 1.38. The van der Waals surface area contributed by atoms with E-state index in [-0.39, 0.29) is 18.2 Å². The summed E-state index contributed by atoms with van der Waals surface area (Å²) in [6.07, 6.45) is 8.17. The van der Waals surface area contributed by atoms with E-state index >= 15 is 0 Å². The van der Waals surface area contributed by atoms with E-state index in [4.69, 9.17) is 35.5 Å². The Morgan fingerprint density at radius 3 is 2.67 bits per heavy atom. The Kier molecular flexibility index (Phi) is 8.09. The van der Waals surface area contributed by atoms with Crippen molar-refractivity contribution < 1.29 is 23.7 Å². The molecule has 9 heteroatoms. The van der Waals surface area contributed by atoms with Gasteiger partial charge in [0, 0.05) is 23.3 Å². The average molecular weight is 564 g/mol. The number of piperidine rings is 1. The van der Waals surface area contributed by atoms with Crippen LogP contribution in [-0.2, 0) is 27.4 Å². The molecule has 3 aliphatic heterocycles. The highest BCUT2D eigenvalue weighted by Crippen LogP contribution is 2.44. The highest BCUT2D eigenvalue weighted by molar-refractivity contribution is 6.30. The average Bonchev–Trinajstić information content (AvgIpc) is 3.34. The van der Waals surface area contributed by atoms with Gasteiger partial charge in [-0.25, -0.2) is 9.78 Å². The quantitative estimate of drug-likeness (QED) is 0.268. The van der Waals surface area contributed by atoms with E-state index in [0.29, 0.717) is 17.5 Å². The number of aromatic nitrogens is 2. The van der Waals surface area contributed by atoms with Crippen LogP contribution < -0.4 is 9.47 Å². The van der Waals surface area contributed by atoms with E-state index in [2.05, 4.69) is 21.6 Å². The number of hydrogen-bond donors (Lipinski definition) is 0. The molecule has 40 heavy (non-hydrogen) atoms. The lowest BCUT2D eigenvalue weighted by atomic mass is 9.88. The molecule has 3 aromatic rings. The maximum Gasteiger partial charge on any atom is 0.330 e. The van der Waals surface area contributed by atoms with Crippen LogP contribution in [0.3, 0.4) is 0 Å². The van der Waals surface area contributed by atoms with Crippen molar-refractivity contribution in [3.63, 3.8) is 0 Å². The van der Waals surface area contributed by atoms with E-state index in [1.165, 1.54) is 18.7 Å². The molecule has 4 heterocycles. The van der Waals surface area contributed by atoms with Crippen molar-refractivity contribution >= 4 is 23.6 Å². The Morgan fingerprint density at radius 1 is 1.15 bits per heavy atom. The normalized spacial score (nSPS) is 21.4. The first-order valence-corrected chi connectivity index (χ1v) is 14.3. The molecule has 8 nitrogen and oxygen atoms in total. The molecule has 3 aliphatic rings. The van der Waals surface area contributed by atoms with Crippen molar-refractivity contribution in [2.45, 2.75) is 50.5 Å². The smallest absolute Gasteiger partial charge is 0.330 e. The molecule has 0 saturated carbocycles. The molecule has 0 radical (unpaired) electrons. The number of methoxy groups -OCH3 is 1. The maximum absolute atomic E-state index is 11.6. The molecule has 2 atom stereocenters. The van der Waals surface area contributed by atoms with Gasteiger partial charge in [-0.2, -0.15) is 0 Å². The Balaban J connectivity index is 1.10. The minimum Gasteiger partial charge on any atom is -0.485 e. The lowest BCUT2D eigenvalue weighted by molar-refractivity contribution is -0.134. The van der Waals surface area contributed by atoms with Crippen LogP contribution in [0.15, 0.2) is 54.7 Å². The summed E-state index contributed by atoms with van der Waals surface area (Å²) in [5.41, 5.74) is 3.17. The molecule has 2 aromatic carbocycles. The second-order valence-corrected chi connectivity index (χ2v) is 11.0. The van der Waals surface area contributed by atoms with Gasteiger partial charge in [0.1, 0.15) is 12.4 Å². The third kappa shape index (κ3) is 5.89. The Hall–Kier alpha value is -3.33. The van der Waals surface area contributed by atoms with Gasteiger partial charge in [0.15, 0.2) is 17.6 Å². The van der Waals surface area contributed by atoms with Crippen LogP contribution in [0.2, 0.25) is 5.02 Å². The number of carbonyl (C=O) groups excluding carboxylic acids is 1. The second kappa shape index (κ2) is 12.0. The predicted molar refractivity (Wildman–Crippen MR) is 152 cm³/mol. The number of rotatable bonds is 8. The van der Waals surface area contributed by atoms with Crippen LogP contribution in [0.1, 0.15) is 53.9 Å². The molecule has 2 fully saturated rings. The number of carbonyl (C=O) groups is 1. The molecule has 6 rings (SSSR count). The van der Waals surface area contributed by atoms with E-state index in [0.717, 1.165) is 80.6 Å². The lowest BCUT2D eigenvalue weighted by Crippen LogP contribution is -2.35. The number of imidazole rings is 1. The summed E-state index contributed by atoms with van der Waals surface area (Å²) in [5.74, 6) is 2.70. The Bertz CT molecular complexity index is 1360. The first-order chi connectivity index (χ1) is 19.6. The van der Waals surface area contributed by atoms with E-state index in [1.54, 1.807) is 6.08 Å². The second-order valence-electron chi connectivity index (χ2n) is 10.5. The molecular weight excluding hydrogens is 530 g/mol. The summed E-state index contributed by atoms with van der Waals surface area (Å²) in [4.78, 5) is 18.8. The van der Waals surface area contributed by atoms with Crippen LogP contribution in [0.25, 0.3) is 6.08 Å². The zero-order valence-corrected chi connectivity index (χ0v) is 23.4. The molecule has 210 valence electrons. The number of nitrogens with zero attached hydrogens (tertiary/aromatic N) is 3. The summed E-state index contributed by atoms with van der Waals surface area (Å²) < 4.78 is 25.3. The minimum atomic E-state index is -0.380. The number of ether oxygens (including phenoxy) is 4. The van der Waals surface area contributed by atoms with Gasteiger partial charge in [0.2, 0.25) is 0 Å². The maximum atomic E-state index is 11.6. The summed E-state index contributed by atoms with van der Waals surface area (Å²) in [5, 5.41) is 0.710. The van der Waals surface area contributed by atoms with Crippen molar-refractivity contribution in [1.82, 2.24) is 14.5 Å². The van der Waals surface area contributed by atoms with Crippen LogP contribution in [0.4, 0.5) is 0 Å². The fraction of sp³-hybridized carbons (Fsp3) is 0.419. The predicted octanol–water partition coefficient (Wildman–Crippen LogP) is 5.40. The summed E-state index contributed by atoms with van der Waals surface area (Å²) >= 11 is 6.06. The third-order valence-corrected chi connectivity index (χ3v) is 8.28. The largest absolute Gasteiger partial charge is 0.485 e. The number of likely N-dealkylation sites (tertiary alicyclic amines) is 1. The molecule has 0 unspecified atom stereocenters. The third-order valence-electron chi connectivity index (χ3n) is 8.03. The van der Waals surface area contributed by atoms with Gasteiger partial charge in [-0.05, 0) is 68.1 Å². The Morgan fingerprint density at radius 2 is 1.95 bits per heavy atom. The number of halogens is 1. The van der Waals surface area contributed by atoms with Gasteiger partial charge >= 0.3 is 5.97 Å². The highest BCUT2D eigenvalue weighted by Gasteiger charge is 2.30. The molecule has 0 aliphatic carbocycles. The minimum absolute atomic E-state index is 0.150. The highest BCUT2D eigenvalue weighted by atomic mass is 35.5. The van der Waals surface area contributed by atoms with Crippen molar-refractivity contribution in [3.8, 4) is 11.5 Å². The van der Waals surface area contributed by atoms with Gasteiger partial charge in [-0.15, -0.1) is 0 Å². The van der Waals surface area contributed by atoms with Crippen LogP contribution >= 0.6 is 11.6 Å². The monoisotopic (exact) mass is 563 g/mol. The summed E-state index contributed by atoms with van der Waals surface area (Å²) in [6, 6.07) is 14.0. The molecule has 0 bridgehead atoms. The van der Waals surface area contributed by atoms with Crippen LogP contribution in [0, 0.1) is 0 Å². The number of para-hydroxylation sites is 1. The van der Waals surface area contributed by atoms with Crippen molar-refractivity contribution in [2.75, 3.05) is 33.4 Å². The number of benzene rings is 2. The molecule has 0 spiro atoms. The molecule has 0 N–H and O–H groups in total. The summed E-state index contributed by atoms with van der Waals surface area (Å²) in [6.45, 7) is 4.68. The number of hydrogen-bond acceptors (Lipinski definition) is 7. The van der Waals surface area contributed by atoms with Crippen LogP contribution in [-0.4, -0.2) is 59.9 Å². The van der Waals surface area contributed by atoms with E-state index in [9.17, 15) is 4.79 Å². The zero-order chi connectivity index (χ0) is 27.5. The lowest BCUT2D eigenvalue weighted by Gasteiger charge is -2.35.